The van der Waals surface area contributed by atoms with Crippen LogP contribution in [0.3, 0.4) is 0 Å². The topological polar surface area (TPSA) is 73.1 Å². The van der Waals surface area contributed by atoms with Crippen LogP contribution in [0.1, 0.15) is 0 Å². The maximum atomic E-state index is 12.9. The third-order valence-corrected chi connectivity index (χ3v) is 5.69. The predicted molar refractivity (Wildman–Crippen MR) is 81.5 cm³/mol. The third kappa shape index (κ3) is 3.24. The van der Waals surface area contributed by atoms with Crippen LogP contribution >= 0.6 is 23.1 Å². The summed E-state index contributed by atoms with van der Waals surface area (Å²) in [5.41, 5.74) is 0.706. The molecule has 3 rings (SSSR count). The second-order valence-corrected chi connectivity index (χ2v) is 8.12. The summed E-state index contributed by atoms with van der Waals surface area (Å²) < 4.78 is 37.0. The van der Waals surface area contributed by atoms with Crippen LogP contribution in [0.2, 0.25) is 0 Å². The second-order valence-electron chi connectivity index (χ2n) is 4.21. The Bertz CT molecular complexity index is 905. The molecule has 1 aromatic heterocycles. The summed E-state index contributed by atoms with van der Waals surface area (Å²) >= 11 is 2.76. The Morgan fingerprint density at radius 1 is 1.14 bits per heavy atom. The fourth-order valence-electron chi connectivity index (χ4n) is 1.71. The molecule has 0 saturated heterocycles. The first-order chi connectivity index (χ1) is 9.91. The average molecular weight is 340 g/mol. The number of hydrogen-bond donors (Lipinski definition) is 1. The van der Waals surface area contributed by atoms with Crippen LogP contribution in [-0.4, -0.2) is 13.4 Å². The minimum absolute atomic E-state index is 0.0667. The normalized spacial score (nSPS) is 11.9. The number of sulfonamides is 1. The standard InChI is InChI=1S/C13H9FN2O2S3/c14-8-1-3-9(4-2-8)19-13-16-11-6-5-10(21(15,17)18)7-12(11)20-13/h1-7H,(H2,15,17,18). The molecule has 21 heavy (non-hydrogen) atoms. The highest BCUT2D eigenvalue weighted by molar-refractivity contribution is 8.01. The molecule has 0 radical (unpaired) electrons. The van der Waals surface area contributed by atoms with Gasteiger partial charge in [-0.25, -0.2) is 22.9 Å². The number of fused-ring (bicyclic) bond motifs is 1. The monoisotopic (exact) mass is 340 g/mol. The Balaban J connectivity index is 1.95. The summed E-state index contributed by atoms with van der Waals surface area (Å²) in [6, 6.07) is 10.7. The molecule has 0 aliphatic carbocycles. The van der Waals surface area contributed by atoms with Gasteiger partial charge in [-0.15, -0.1) is 11.3 Å². The smallest absolute Gasteiger partial charge is 0.229 e. The van der Waals surface area contributed by atoms with Crippen molar-refractivity contribution >= 4 is 43.3 Å². The fourth-order valence-corrected chi connectivity index (χ4v) is 4.40. The van der Waals surface area contributed by atoms with E-state index in [4.69, 9.17) is 5.14 Å². The average Bonchev–Trinajstić information content (AvgIpc) is 2.81. The van der Waals surface area contributed by atoms with Crippen LogP contribution in [0.15, 0.2) is 56.6 Å². The van der Waals surface area contributed by atoms with Crippen molar-refractivity contribution in [2.45, 2.75) is 14.1 Å². The summed E-state index contributed by atoms with van der Waals surface area (Å²) in [5.74, 6) is -0.290. The van der Waals surface area contributed by atoms with Gasteiger partial charge in [-0.1, -0.05) is 11.8 Å². The highest BCUT2D eigenvalue weighted by Crippen LogP contribution is 2.35. The van der Waals surface area contributed by atoms with Gasteiger partial charge in [-0.2, -0.15) is 0 Å². The first kappa shape index (κ1) is 14.5. The van der Waals surface area contributed by atoms with E-state index in [0.29, 0.717) is 5.52 Å². The number of halogens is 1. The lowest BCUT2D eigenvalue weighted by Gasteiger charge is -1.96. The van der Waals surface area contributed by atoms with E-state index in [-0.39, 0.29) is 10.7 Å². The number of benzene rings is 2. The van der Waals surface area contributed by atoms with Gasteiger partial charge in [0.05, 0.1) is 15.1 Å². The van der Waals surface area contributed by atoms with Crippen molar-refractivity contribution in [1.82, 2.24) is 4.98 Å². The van der Waals surface area contributed by atoms with Gasteiger partial charge in [-0.3, -0.25) is 0 Å². The number of nitrogens with zero attached hydrogens (tertiary/aromatic N) is 1. The van der Waals surface area contributed by atoms with E-state index in [2.05, 4.69) is 4.98 Å². The molecular formula is C13H9FN2O2S3. The quantitative estimate of drug-likeness (QED) is 0.794. The number of hydrogen-bond acceptors (Lipinski definition) is 5. The SMILES string of the molecule is NS(=O)(=O)c1ccc2nc(Sc3ccc(F)cc3)sc2c1. The number of aromatic nitrogens is 1. The first-order valence-corrected chi connectivity index (χ1v) is 8.96. The molecule has 3 aromatic rings. The van der Waals surface area contributed by atoms with E-state index in [0.717, 1.165) is 13.9 Å². The molecule has 8 heteroatoms. The molecule has 0 saturated carbocycles. The lowest BCUT2D eigenvalue weighted by atomic mass is 10.3. The van der Waals surface area contributed by atoms with E-state index in [1.807, 2.05) is 0 Å². The molecule has 0 fully saturated rings. The van der Waals surface area contributed by atoms with Crippen molar-refractivity contribution in [3.8, 4) is 0 Å². The lowest BCUT2D eigenvalue weighted by molar-refractivity contribution is 0.598. The Labute approximate surface area is 128 Å². The van der Waals surface area contributed by atoms with Crippen molar-refractivity contribution in [2.75, 3.05) is 0 Å². The van der Waals surface area contributed by atoms with Crippen LogP contribution in [0, 0.1) is 5.82 Å². The van der Waals surface area contributed by atoms with Gasteiger partial charge in [0, 0.05) is 4.90 Å². The molecule has 0 unspecified atom stereocenters. The third-order valence-electron chi connectivity index (χ3n) is 2.69. The number of rotatable bonds is 3. The van der Waals surface area contributed by atoms with Crippen molar-refractivity contribution in [1.29, 1.82) is 0 Å². The van der Waals surface area contributed by atoms with Gasteiger partial charge in [-0.05, 0) is 42.5 Å². The molecule has 0 bridgehead atoms. The molecule has 2 N–H and O–H groups in total. The summed E-state index contributed by atoms with van der Waals surface area (Å²) in [6.07, 6.45) is 0. The van der Waals surface area contributed by atoms with Gasteiger partial charge >= 0.3 is 0 Å². The van der Waals surface area contributed by atoms with Crippen LogP contribution in [0.5, 0.6) is 0 Å². The highest BCUT2D eigenvalue weighted by atomic mass is 32.2. The van der Waals surface area contributed by atoms with Crippen LogP contribution < -0.4 is 5.14 Å². The molecule has 0 amide bonds. The van der Waals surface area contributed by atoms with E-state index in [1.165, 1.54) is 47.4 Å². The van der Waals surface area contributed by atoms with Gasteiger partial charge in [0.1, 0.15) is 5.82 Å². The molecule has 2 aromatic carbocycles. The largest absolute Gasteiger partial charge is 0.238 e. The minimum atomic E-state index is -3.72. The Morgan fingerprint density at radius 3 is 2.52 bits per heavy atom. The van der Waals surface area contributed by atoms with E-state index in [9.17, 15) is 12.8 Å². The van der Waals surface area contributed by atoms with Crippen molar-refractivity contribution < 1.29 is 12.8 Å². The molecule has 4 nitrogen and oxygen atoms in total. The first-order valence-electron chi connectivity index (χ1n) is 5.79. The zero-order valence-electron chi connectivity index (χ0n) is 10.5. The van der Waals surface area contributed by atoms with Crippen LogP contribution in [-0.2, 0) is 10.0 Å². The van der Waals surface area contributed by atoms with E-state index < -0.39 is 10.0 Å². The minimum Gasteiger partial charge on any atom is -0.229 e. The highest BCUT2D eigenvalue weighted by Gasteiger charge is 2.11. The van der Waals surface area contributed by atoms with Gasteiger partial charge in [0.25, 0.3) is 0 Å². The Kier molecular flexibility index (Phi) is 3.70. The van der Waals surface area contributed by atoms with E-state index >= 15 is 0 Å². The Morgan fingerprint density at radius 2 is 1.86 bits per heavy atom. The summed E-state index contributed by atoms with van der Waals surface area (Å²) in [5, 5.41) is 5.11. The number of primary sulfonamides is 1. The maximum absolute atomic E-state index is 12.9. The van der Waals surface area contributed by atoms with Crippen molar-refractivity contribution in [2.24, 2.45) is 5.14 Å². The van der Waals surface area contributed by atoms with Gasteiger partial charge in [0.2, 0.25) is 10.0 Å². The van der Waals surface area contributed by atoms with Crippen molar-refractivity contribution in [3.05, 3.63) is 48.3 Å². The van der Waals surface area contributed by atoms with Gasteiger partial charge < -0.3 is 0 Å². The summed E-state index contributed by atoms with van der Waals surface area (Å²) in [6.45, 7) is 0. The Hall–Kier alpha value is -1.48. The number of nitrogens with two attached hydrogens (primary N) is 1. The molecule has 1 heterocycles. The predicted octanol–water partition coefficient (Wildman–Crippen LogP) is 3.23. The molecule has 0 atom stereocenters. The van der Waals surface area contributed by atoms with Gasteiger partial charge in [0.15, 0.2) is 4.34 Å². The van der Waals surface area contributed by atoms with Crippen LogP contribution in [0.25, 0.3) is 10.2 Å². The lowest BCUT2D eigenvalue weighted by Crippen LogP contribution is -2.11. The fraction of sp³-hybridized carbons (Fsp3) is 0. The summed E-state index contributed by atoms with van der Waals surface area (Å²) in [7, 11) is -3.72. The molecule has 0 spiro atoms. The maximum Gasteiger partial charge on any atom is 0.238 e. The zero-order chi connectivity index (χ0) is 15.0. The summed E-state index contributed by atoms with van der Waals surface area (Å²) in [4.78, 5) is 5.34. The molecular weight excluding hydrogens is 331 g/mol. The second kappa shape index (κ2) is 5.38. The molecule has 0 aliphatic rings. The zero-order valence-corrected chi connectivity index (χ0v) is 12.9. The molecule has 0 aliphatic heterocycles. The van der Waals surface area contributed by atoms with Crippen LogP contribution in [0.4, 0.5) is 4.39 Å². The van der Waals surface area contributed by atoms with Crippen molar-refractivity contribution in [3.63, 3.8) is 0 Å². The molecule has 108 valence electrons. The number of thiazole rings is 1. The van der Waals surface area contributed by atoms with E-state index in [1.54, 1.807) is 18.2 Å².